The average Bonchev–Trinajstić information content (AvgIpc) is 2.72. The van der Waals surface area contributed by atoms with E-state index in [1.165, 1.54) is 24.0 Å². The van der Waals surface area contributed by atoms with Crippen molar-refractivity contribution in [3.05, 3.63) is 29.3 Å². The van der Waals surface area contributed by atoms with Crippen LogP contribution >= 0.6 is 0 Å². The van der Waals surface area contributed by atoms with Crippen LogP contribution in [0.3, 0.4) is 0 Å². The Bertz CT molecular complexity index is 375. The lowest BCUT2D eigenvalue weighted by molar-refractivity contribution is 0.217. The Morgan fingerprint density at radius 1 is 1.41 bits per heavy atom. The zero-order valence-corrected chi connectivity index (χ0v) is 11.1. The summed E-state index contributed by atoms with van der Waals surface area (Å²) in [7, 11) is 0. The first kappa shape index (κ1) is 12.4. The first-order chi connectivity index (χ1) is 8.24. The topological polar surface area (TPSA) is 21.3 Å². The summed E-state index contributed by atoms with van der Waals surface area (Å²) in [6.07, 6.45) is 3.75. The highest BCUT2D eigenvalue weighted by atomic mass is 16.5. The van der Waals surface area contributed by atoms with Gasteiger partial charge in [-0.15, -0.1) is 0 Å². The van der Waals surface area contributed by atoms with Crippen molar-refractivity contribution >= 4 is 0 Å². The van der Waals surface area contributed by atoms with Gasteiger partial charge in [0.2, 0.25) is 0 Å². The predicted molar refractivity (Wildman–Crippen MR) is 71.6 cm³/mol. The van der Waals surface area contributed by atoms with E-state index < -0.39 is 0 Å². The van der Waals surface area contributed by atoms with Crippen molar-refractivity contribution in [3.8, 4) is 5.75 Å². The quantitative estimate of drug-likeness (QED) is 0.841. The van der Waals surface area contributed by atoms with Gasteiger partial charge in [-0.25, -0.2) is 0 Å². The van der Waals surface area contributed by atoms with E-state index in [4.69, 9.17) is 4.74 Å². The maximum Gasteiger partial charge on any atom is 0.119 e. The molecule has 1 aliphatic carbocycles. The van der Waals surface area contributed by atoms with Crippen molar-refractivity contribution in [3.63, 3.8) is 0 Å². The van der Waals surface area contributed by atoms with Crippen molar-refractivity contribution in [2.45, 2.75) is 52.2 Å². The van der Waals surface area contributed by atoms with E-state index in [1.54, 1.807) is 0 Å². The van der Waals surface area contributed by atoms with Gasteiger partial charge in [-0.05, 0) is 56.0 Å². The maximum atomic E-state index is 5.86. The fourth-order valence-corrected chi connectivity index (χ4v) is 2.44. The summed E-state index contributed by atoms with van der Waals surface area (Å²) < 4.78 is 5.86. The summed E-state index contributed by atoms with van der Waals surface area (Å²) in [5.74, 6) is 1.02. The fourth-order valence-electron chi connectivity index (χ4n) is 2.44. The lowest BCUT2D eigenvalue weighted by Crippen LogP contribution is -2.18. The molecule has 2 nitrogen and oxygen atoms in total. The molecule has 0 radical (unpaired) electrons. The summed E-state index contributed by atoms with van der Waals surface area (Å²) in [5, 5.41) is 3.53. The zero-order chi connectivity index (χ0) is 12.3. The van der Waals surface area contributed by atoms with Crippen molar-refractivity contribution in [2.75, 3.05) is 6.54 Å². The third-order valence-electron chi connectivity index (χ3n) is 3.55. The van der Waals surface area contributed by atoms with Gasteiger partial charge in [0, 0.05) is 6.04 Å². The third-order valence-corrected chi connectivity index (χ3v) is 3.55. The van der Waals surface area contributed by atoms with Gasteiger partial charge >= 0.3 is 0 Å². The molecular weight excluding hydrogens is 210 g/mol. The minimum absolute atomic E-state index is 0.305. The molecule has 0 spiro atoms. The van der Waals surface area contributed by atoms with Gasteiger partial charge < -0.3 is 10.1 Å². The second kappa shape index (κ2) is 5.54. The minimum Gasteiger partial charge on any atom is -0.491 e. The van der Waals surface area contributed by atoms with Gasteiger partial charge in [-0.1, -0.05) is 19.9 Å². The van der Waals surface area contributed by atoms with E-state index in [0.29, 0.717) is 12.1 Å². The van der Waals surface area contributed by atoms with Crippen LogP contribution in [0.15, 0.2) is 18.2 Å². The molecule has 0 saturated carbocycles. The largest absolute Gasteiger partial charge is 0.491 e. The Balaban J connectivity index is 2.11. The molecule has 2 atom stereocenters. The molecule has 0 aliphatic heterocycles. The van der Waals surface area contributed by atoms with Gasteiger partial charge in [0.25, 0.3) is 0 Å². The highest BCUT2D eigenvalue weighted by Crippen LogP contribution is 2.33. The number of ether oxygens (including phenoxy) is 1. The molecule has 1 aromatic rings. The fraction of sp³-hybridized carbons (Fsp3) is 0.600. The summed E-state index contributed by atoms with van der Waals surface area (Å²) in [4.78, 5) is 0. The predicted octanol–water partition coefficient (Wildman–Crippen LogP) is 3.46. The Morgan fingerprint density at radius 3 is 2.94 bits per heavy atom. The van der Waals surface area contributed by atoms with Gasteiger partial charge in [0.1, 0.15) is 5.75 Å². The van der Waals surface area contributed by atoms with Crippen molar-refractivity contribution in [1.29, 1.82) is 0 Å². The maximum absolute atomic E-state index is 5.86. The summed E-state index contributed by atoms with van der Waals surface area (Å²) in [6.45, 7) is 7.47. The molecule has 0 fully saturated rings. The first-order valence-electron chi connectivity index (χ1n) is 6.77. The molecule has 0 heterocycles. The number of rotatable bonds is 5. The molecule has 17 heavy (non-hydrogen) atoms. The van der Waals surface area contributed by atoms with E-state index in [0.717, 1.165) is 18.7 Å². The standard InChI is InChI=1S/C15H23NO/c1-4-11(3)17-13-7-8-14-12(10-13)6-9-15(14)16-5-2/h7-8,10-11,15-16H,4-6,9H2,1-3H3. The number of hydrogen-bond acceptors (Lipinski definition) is 2. The Morgan fingerprint density at radius 2 is 2.24 bits per heavy atom. The van der Waals surface area contributed by atoms with Crippen LogP contribution in [0.2, 0.25) is 0 Å². The summed E-state index contributed by atoms with van der Waals surface area (Å²) in [6, 6.07) is 7.11. The van der Waals surface area contributed by atoms with Gasteiger partial charge in [-0.2, -0.15) is 0 Å². The number of nitrogens with one attached hydrogen (secondary N) is 1. The minimum atomic E-state index is 0.305. The molecule has 1 N–H and O–H groups in total. The second-order valence-electron chi connectivity index (χ2n) is 4.85. The molecular formula is C15H23NO. The lowest BCUT2D eigenvalue weighted by Gasteiger charge is -2.15. The molecule has 0 saturated heterocycles. The Labute approximate surface area is 104 Å². The molecule has 94 valence electrons. The second-order valence-corrected chi connectivity index (χ2v) is 4.85. The van der Waals surface area contributed by atoms with E-state index in [1.807, 2.05) is 0 Å². The van der Waals surface area contributed by atoms with Crippen LogP contribution < -0.4 is 10.1 Å². The van der Waals surface area contributed by atoms with E-state index >= 15 is 0 Å². The van der Waals surface area contributed by atoms with Crippen LogP contribution in [0.5, 0.6) is 5.75 Å². The van der Waals surface area contributed by atoms with Crippen LogP contribution in [0.25, 0.3) is 0 Å². The van der Waals surface area contributed by atoms with Gasteiger partial charge in [0.05, 0.1) is 6.10 Å². The SMILES string of the molecule is CCNC1CCc2cc(OC(C)CC)ccc21. The van der Waals surface area contributed by atoms with E-state index in [9.17, 15) is 0 Å². The number of fused-ring (bicyclic) bond motifs is 1. The van der Waals surface area contributed by atoms with Crippen molar-refractivity contribution in [1.82, 2.24) is 5.32 Å². The molecule has 2 unspecified atom stereocenters. The number of aryl methyl sites for hydroxylation is 1. The highest BCUT2D eigenvalue weighted by molar-refractivity contribution is 5.40. The van der Waals surface area contributed by atoms with Crippen LogP contribution in [0.1, 0.15) is 50.8 Å². The van der Waals surface area contributed by atoms with Crippen molar-refractivity contribution in [2.24, 2.45) is 0 Å². The monoisotopic (exact) mass is 233 g/mol. The molecule has 0 bridgehead atoms. The molecule has 0 amide bonds. The van der Waals surface area contributed by atoms with Crippen molar-refractivity contribution < 1.29 is 4.74 Å². The van der Waals surface area contributed by atoms with Crippen LogP contribution in [-0.2, 0) is 6.42 Å². The van der Waals surface area contributed by atoms with Crippen LogP contribution in [0.4, 0.5) is 0 Å². The third kappa shape index (κ3) is 2.81. The number of benzene rings is 1. The van der Waals surface area contributed by atoms with E-state index in [2.05, 4.69) is 44.3 Å². The zero-order valence-electron chi connectivity index (χ0n) is 11.1. The molecule has 0 aromatic heterocycles. The first-order valence-corrected chi connectivity index (χ1v) is 6.77. The molecule has 1 aliphatic rings. The van der Waals surface area contributed by atoms with E-state index in [-0.39, 0.29) is 0 Å². The molecule has 2 heteroatoms. The summed E-state index contributed by atoms with van der Waals surface area (Å²) in [5.41, 5.74) is 2.92. The van der Waals surface area contributed by atoms with Crippen LogP contribution in [-0.4, -0.2) is 12.6 Å². The molecule has 1 aromatic carbocycles. The lowest BCUT2D eigenvalue weighted by atomic mass is 10.1. The smallest absolute Gasteiger partial charge is 0.119 e. The Kier molecular flexibility index (Phi) is 4.06. The molecule has 2 rings (SSSR count). The van der Waals surface area contributed by atoms with Crippen LogP contribution in [0, 0.1) is 0 Å². The summed E-state index contributed by atoms with van der Waals surface area (Å²) >= 11 is 0. The number of hydrogen-bond donors (Lipinski definition) is 1. The highest BCUT2D eigenvalue weighted by Gasteiger charge is 2.21. The normalized spacial score (nSPS) is 20.1. The van der Waals surface area contributed by atoms with Gasteiger partial charge in [-0.3, -0.25) is 0 Å². The Hall–Kier alpha value is -1.02. The van der Waals surface area contributed by atoms with Gasteiger partial charge in [0.15, 0.2) is 0 Å². The average molecular weight is 233 g/mol.